The zero-order valence-corrected chi connectivity index (χ0v) is 18.1. The van der Waals surface area contributed by atoms with Crippen LogP contribution in [-0.4, -0.2) is 68.9 Å². The fraction of sp³-hybridized carbons (Fsp3) is 0.364. The number of rotatable bonds is 8. The number of nitrogens with zero attached hydrogens (tertiary/aromatic N) is 3. The van der Waals surface area contributed by atoms with E-state index in [1.54, 1.807) is 38.6 Å². The number of methoxy groups -OCH3 is 2. The molecule has 1 saturated heterocycles. The maximum atomic E-state index is 12.2. The Labute approximate surface area is 182 Å². The van der Waals surface area contributed by atoms with Gasteiger partial charge >= 0.3 is 0 Å². The number of amides is 1. The Kier molecular flexibility index (Phi) is 8.07. The molecule has 160 valence electrons. The van der Waals surface area contributed by atoms with Crippen LogP contribution in [0.25, 0.3) is 0 Å². The van der Waals surface area contributed by atoms with Crippen LogP contribution in [0.15, 0.2) is 47.6 Å². The van der Waals surface area contributed by atoms with Crippen LogP contribution in [0.1, 0.15) is 11.1 Å². The summed E-state index contributed by atoms with van der Waals surface area (Å²) >= 11 is 6.25. The third-order valence-corrected chi connectivity index (χ3v) is 5.38. The minimum Gasteiger partial charge on any atom is -0.497 e. The molecule has 1 aliphatic rings. The summed E-state index contributed by atoms with van der Waals surface area (Å²) in [5, 5.41) is 4.86. The molecule has 0 atom stereocenters. The number of hydrogen-bond acceptors (Lipinski definition) is 6. The highest BCUT2D eigenvalue weighted by Crippen LogP contribution is 2.22. The normalized spacial score (nSPS) is 15.3. The molecule has 0 unspecified atom stereocenters. The van der Waals surface area contributed by atoms with Gasteiger partial charge in [0.2, 0.25) is 0 Å². The molecule has 1 amide bonds. The van der Waals surface area contributed by atoms with E-state index in [0.29, 0.717) is 18.0 Å². The van der Waals surface area contributed by atoms with Crippen molar-refractivity contribution in [2.45, 2.75) is 6.54 Å². The third-order valence-electron chi connectivity index (χ3n) is 5.01. The second-order valence-electron chi connectivity index (χ2n) is 7.04. The monoisotopic (exact) mass is 430 g/mol. The molecular formula is C22H27ClN4O3. The first-order valence-corrected chi connectivity index (χ1v) is 10.2. The van der Waals surface area contributed by atoms with Gasteiger partial charge in [-0.15, -0.1) is 0 Å². The molecule has 0 aromatic heterocycles. The van der Waals surface area contributed by atoms with Gasteiger partial charge in [-0.3, -0.25) is 14.6 Å². The van der Waals surface area contributed by atoms with Gasteiger partial charge in [0.25, 0.3) is 5.91 Å². The van der Waals surface area contributed by atoms with Gasteiger partial charge in [0, 0.05) is 43.3 Å². The van der Waals surface area contributed by atoms with E-state index in [4.69, 9.17) is 21.1 Å². The van der Waals surface area contributed by atoms with Gasteiger partial charge < -0.3 is 9.47 Å². The van der Waals surface area contributed by atoms with E-state index in [9.17, 15) is 4.79 Å². The number of carbonyl (C=O) groups is 1. The Hall–Kier alpha value is -2.61. The van der Waals surface area contributed by atoms with Crippen LogP contribution in [0.3, 0.4) is 0 Å². The summed E-state index contributed by atoms with van der Waals surface area (Å²) in [4.78, 5) is 16.7. The first kappa shape index (κ1) is 22.1. The summed E-state index contributed by atoms with van der Waals surface area (Å²) in [5.74, 6) is 1.20. The lowest BCUT2D eigenvalue weighted by atomic mass is 10.2. The highest BCUT2D eigenvalue weighted by Gasteiger charge is 2.19. The molecule has 7 nitrogen and oxygen atoms in total. The number of benzene rings is 2. The standard InChI is InChI=1S/C22H27ClN4O3/c1-29-19-7-8-21(30-2)18(13-19)14-24-25-22(28)16-27-11-9-26(10-12-27)15-17-5-3-4-6-20(17)23/h3-8,13-14H,9-12,15-16H2,1-2H3,(H,25,28). The summed E-state index contributed by atoms with van der Waals surface area (Å²) < 4.78 is 10.5. The van der Waals surface area contributed by atoms with E-state index >= 15 is 0 Å². The second kappa shape index (κ2) is 11.0. The van der Waals surface area contributed by atoms with E-state index in [0.717, 1.165) is 48.9 Å². The first-order chi connectivity index (χ1) is 14.6. The molecule has 3 rings (SSSR count). The quantitative estimate of drug-likeness (QED) is 0.515. The van der Waals surface area contributed by atoms with Crippen LogP contribution in [0.2, 0.25) is 5.02 Å². The van der Waals surface area contributed by atoms with Crippen LogP contribution < -0.4 is 14.9 Å². The molecular weight excluding hydrogens is 404 g/mol. The molecule has 1 heterocycles. The molecule has 1 N–H and O–H groups in total. The van der Waals surface area contributed by atoms with Crippen molar-refractivity contribution in [1.29, 1.82) is 0 Å². The zero-order chi connectivity index (χ0) is 21.3. The van der Waals surface area contributed by atoms with Crippen molar-refractivity contribution < 1.29 is 14.3 Å². The summed E-state index contributed by atoms with van der Waals surface area (Å²) in [7, 11) is 3.18. The summed E-state index contributed by atoms with van der Waals surface area (Å²) in [6.45, 7) is 4.57. The zero-order valence-electron chi connectivity index (χ0n) is 17.3. The fourth-order valence-corrected chi connectivity index (χ4v) is 3.52. The summed E-state index contributed by atoms with van der Waals surface area (Å²) in [6, 6.07) is 13.3. The van der Waals surface area contributed by atoms with E-state index in [2.05, 4.69) is 26.4 Å². The van der Waals surface area contributed by atoms with Crippen LogP contribution in [0.4, 0.5) is 0 Å². The molecule has 2 aromatic rings. The Bertz CT molecular complexity index is 882. The van der Waals surface area contributed by atoms with Crippen molar-refractivity contribution in [2.75, 3.05) is 46.9 Å². The van der Waals surface area contributed by atoms with Crippen molar-refractivity contribution in [3.05, 3.63) is 58.6 Å². The highest BCUT2D eigenvalue weighted by atomic mass is 35.5. The van der Waals surface area contributed by atoms with E-state index in [-0.39, 0.29) is 5.91 Å². The second-order valence-corrected chi connectivity index (χ2v) is 7.45. The average molecular weight is 431 g/mol. The maximum absolute atomic E-state index is 12.2. The molecule has 1 fully saturated rings. The molecule has 2 aromatic carbocycles. The summed E-state index contributed by atoms with van der Waals surface area (Å²) in [5.41, 5.74) is 4.45. The number of nitrogens with one attached hydrogen (secondary N) is 1. The highest BCUT2D eigenvalue weighted by molar-refractivity contribution is 6.31. The number of hydrazone groups is 1. The minimum atomic E-state index is -0.146. The van der Waals surface area contributed by atoms with Gasteiger partial charge in [0.05, 0.1) is 27.0 Å². The lowest BCUT2D eigenvalue weighted by molar-refractivity contribution is -0.122. The van der Waals surface area contributed by atoms with Crippen LogP contribution >= 0.6 is 11.6 Å². The fourth-order valence-electron chi connectivity index (χ4n) is 3.33. The van der Waals surface area contributed by atoms with Crippen molar-refractivity contribution in [1.82, 2.24) is 15.2 Å². The van der Waals surface area contributed by atoms with Crippen LogP contribution in [0, 0.1) is 0 Å². The Balaban J connectivity index is 1.44. The molecule has 8 heteroatoms. The van der Waals surface area contributed by atoms with Gasteiger partial charge in [0.1, 0.15) is 11.5 Å². The Morgan fingerprint density at radius 1 is 1.10 bits per heavy atom. The van der Waals surface area contributed by atoms with E-state index < -0.39 is 0 Å². The predicted octanol–water partition coefficient (Wildman–Crippen LogP) is 2.63. The largest absolute Gasteiger partial charge is 0.497 e. The lowest BCUT2D eigenvalue weighted by Crippen LogP contribution is -2.48. The smallest absolute Gasteiger partial charge is 0.254 e. The number of carbonyl (C=O) groups excluding carboxylic acids is 1. The first-order valence-electron chi connectivity index (χ1n) is 9.81. The molecule has 1 aliphatic heterocycles. The molecule has 30 heavy (non-hydrogen) atoms. The van der Waals surface area contributed by atoms with Crippen molar-refractivity contribution in [2.24, 2.45) is 5.10 Å². The molecule has 0 bridgehead atoms. The van der Waals surface area contributed by atoms with Gasteiger partial charge in [-0.1, -0.05) is 29.8 Å². The van der Waals surface area contributed by atoms with Crippen LogP contribution in [0.5, 0.6) is 11.5 Å². The van der Waals surface area contributed by atoms with Crippen LogP contribution in [-0.2, 0) is 11.3 Å². The Morgan fingerprint density at radius 3 is 2.53 bits per heavy atom. The van der Waals surface area contributed by atoms with Gasteiger partial charge in [-0.2, -0.15) is 5.10 Å². The molecule has 0 aliphatic carbocycles. The lowest BCUT2D eigenvalue weighted by Gasteiger charge is -2.34. The molecule has 0 radical (unpaired) electrons. The number of ether oxygens (including phenoxy) is 2. The molecule has 0 spiro atoms. The van der Waals surface area contributed by atoms with E-state index in [1.807, 2.05) is 18.2 Å². The maximum Gasteiger partial charge on any atom is 0.254 e. The van der Waals surface area contributed by atoms with Crippen molar-refractivity contribution in [3.63, 3.8) is 0 Å². The SMILES string of the molecule is COc1ccc(OC)c(C=NNC(=O)CN2CCN(Cc3ccccc3Cl)CC2)c1. The summed E-state index contributed by atoms with van der Waals surface area (Å²) in [6.07, 6.45) is 1.56. The topological polar surface area (TPSA) is 66.4 Å². The van der Waals surface area contributed by atoms with Crippen molar-refractivity contribution in [3.8, 4) is 11.5 Å². The predicted molar refractivity (Wildman–Crippen MR) is 118 cm³/mol. The molecule has 0 saturated carbocycles. The third kappa shape index (κ3) is 6.19. The number of hydrogen-bond donors (Lipinski definition) is 1. The number of halogens is 1. The van der Waals surface area contributed by atoms with E-state index in [1.165, 1.54) is 0 Å². The average Bonchev–Trinajstić information content (AvgIpc) is 2.76. The minimum absolute atomic E-state index is 0.146. The van der Waals surface area contributed by atoms with Gasteiger partial charge in [-0.05, 0) is 29.8 Å². The van der Waals surface area contributed by atoms with Gasteiger partial charge in [-0.25, -0.2) is 5.43 Å². The number of piperazine rings is 1. The van der Waals surface area contributed by atoms with Crippen molar-refractivity contribution >= 4 is 23.7 Å². The van der Waals surface area contributed by atoms with Gasteiger partial charge in [0.15, 0.2) is 0 Å². The Morgan fingerprint density at radius 2 is 1.83 bits per heavy atom.